The molecular weight excluding hydrogens is 292 g/mol. The molecule has 0 aliphatic carbocycles. The third-order valence-electron chi connectivity index (χ3n) is 2.19. The fraction of sp³-hybridized carbons (Fsp3) is 0. The molecule has 0 aliphatic heterocycles. The van der Waals surface area contributed by atoms with Gasteiger partial charge in [0, 0.05) is 6.08 Å². The van der Waals surface area contributed by atoms with Crippen molar-refractivity contribution < 1.29 is 4.79 Å². The molecule has 0 fully saturated rings. The summed E-state index contributed by atoms with van der Waals surface area (Å²) in [6, 6.07) is 15.0. The second kappa shape index (κ2) is 6.12. The molecule has 0 spiro atoms. The number of nitrogens with zero attached hydrogens (tertiary/aromatic N) is 1. The van der Waals surface area contributed by atoms with Crippen LogP contribution in [0.2, 0.25) is 0 Å². The summed E-state index contributed by atoms with van der Waals surface area (Å²) in [5.41, 5.74) is 0.981. The Morgan fingerprint density at radius 1 is 1.11 bits per heavy atom. The highest BCUT2D eigenvalue weighted by Gasteiger charge is 1.99. The number of halogens is 1. The topological polar surface area (TPSA) is 42.0 Å². The lowest BCUT2D eigenvalue weighted by Gasteiger charge is -2.00. The van der Waals surface area contributed by atoms with E-state index in [1.807, 2.05) is 36.4 Å². The Morgan fingerprint density at radius 2 is 1.89 bits per heavy atom. The number of carbonyl (C=O) groups excluding carboxylic acids is 1. The Hall–Kier alpha value is -1.94. The number of amides is 1. The molecule has 0 unspecified atom stereocenters. The van der Waals surface area contributed by atoms with E-state index in [9.17, 15) is 4.79 Å². The maximum absolute atomic E-state index is 11.6. The minimum absolute atomic E-state index is 0.204. The van der Waals surface area contributed by atoms with E-state index in [2.05, 4.69) is 26.2 Å². The van der Waals surface area contributed by atoms with E-state index >= 15 is 0 Å². The highest BCUT2D eigenvalue weighted by atomic mass is 79.9. The first-order valence-electron chi connectivity index (χ1n) is 5.41. The smallest absolute Gasteiger partial charge is 0.249 e. The first-order valence-corrected chi connectivity index (χ1v) is 6.20. The molecule has 1 aromatic carbocycles. The normalized spacial score (nSPS) is 10.5. The van der Waals surface area contributed by atoms with Crippen molar-refractivity contribution in [1.82, 2.24) is 4.98 Å². The molecule has 4 heteroatoms. The van der Waals surface area contributed by atoms with Crippen molar-refractivity contribution in [2.24, 2.45) is 0 Å². The zero-order valence-corrected chi connectivity index (χ0v) is 11.1. The Kier molecular flexibility index (Phi) is 4.25. The van der Waals surface area contributed by atoms with Gasteiger partial charge in [-0.25, -0.2) is 4.98 Å². The number of pyridine rings is 1. The van der Waals surface area contributed by atoms with Crippen LogP contribution in [0.15, 0.2) is 59.2 Å². The van der Waals surface area contributed by atoms with E-state index in [-0.39, 0.29) is 5.91 Å². The van der Waals surface area contributed by atoms with Gasteiger partial charge in [0.15, 0.2) is 0 Å². The standard InChI is InChI=1S/C14H11BrN2O/c15-12-7-4-8-13(16-12)17-14(18)10-9-11-5-2-1-3-6-11/h1-10H,(H,16,17,18)/b10-9+. The number of rotatable bonds is 3. The molecule has 3 nitrogen and oxygen atoms in total. The van der Waals surface area contributed by atoms with Crippen molar-refractivity contribution in [3.63, 3.8) is 0 Å². The molecule has 0 saturated carbocycles. The van der Waals surface area contributed by atoms with Crippen LogP contribution < -0.4 is 5.32 Å². The van der Waals surface area contributed by atoms with E-state index in [4.69, 9.17) is 0 Å². The highest BCUT2D eigenvalue weighted by Crippen LogP contribution is 2.10. The van der Waals surface area contributed by atoms with Crippen LogP contribution in [0.5, 0.6) is 0 Å². The van der Waals surface area contributed by atoms with Crippen LogP contribution in [0, 0.1) is 0 Å². The van der Waals surface area contributed by atoms with Crippen LogP contribution >= 0.6 is 15.9 Å². The van der Waals surface area contributed by atoms with Crippen molar-refractivity contribution in [2.75, 3.05) is 5.32 Å². The van der Waals surface area contributed by atoms with Crippen molar-refractivity contribution in [1.29, 1.82) is 0 Å². The molecule has 1 aromatic heterocycles. The second-order valence-corrected chi connectivity index (χ2v) is 4.39. The van der Waals surface area contributed by atoms with Crippen LogP contribution in [0.4, 0.5) is 5.82 Å². The average Bonchev–Trinajstić information content (AvgIpc) is 2.38. The molecule has 2 aromatic rings. The lowest BCUT2D eigenvalue weighted by molar-refractivity contribution is -0.111. The van der Waals surface area contributed by atoms with Crippen LogP contribution in [-0.2, 0) is 4.79 Å². The lowest BCUT2D eigenvalue weighted by atomic mass is 10.2. The van der Waals surface area contributed by atoms with Crippen molar-refractivity contribution in [3.8, 4) is 0 Å². The first kappa shape index (κ1) is 12.5. The van der Waals surface area contributed by atoms with Crippen LogP contribution in [0.3, 0.4) is 0 Å². The lowest BCUT2D eigenvalue weighted by Crippen LogP contribution is -2.08. The number of aromatic nitrogens is 1. The predicted octanol–water partition coefficient (Wildman–Crippen LogP) is 3.50. The summed E-state index contributed by atoms with van der Waals surface area (Å²) in [4.78, 5) is 15.8. The Labute approximate surface area is 114 Å². The van der Waals surface area contributed by atoms with Crippen molar-refractivity contribution >= 4 is 33.7 Å². The molecule has 1 amide bonds. The van der Waals surface area contributed by atoms with Crippen LogP contribution in [0.1, 0.15) is 5.56 Å². The highest BCUT2D eigenvalue weighted by molar-refractivity contribution is 9.10. The third kappa shape index (κ3) is 3.82. The van der Waals surface area contributed by atoms with Gasteiger partial charge in [0.1, 0.15) is 10.4 Å². The number of hydrogen-bond donors (Lipinski definition) is 1. The molecule has 0 bridgehead atoms. The van der Waals surface area contributed by atoms with E-state index in [0.717, 1.165) is 5.56 Å². The summed E-state index contributed by atoms with van der Waals surface area (Å²) in [7, 11) is 0. The van der Waals surface area contributed by atoms with Gasteiger partial charge in [-0.2, -0.15) is 0 Å². The predicted molar refractivity (Wildman–Crippen MR) is 76.0 cm³/mol. The monoisotopic (exact) mass is 302 g/mol. The van der Waals surface area contributed by atoms with E-state index in [0.29, 0.717) is 10.4 Å². The fourth-order valence-corrected chi connectivity index (χ4v) is 1.73. The van der Waals surface area contributed by atoms with E-state index in [1.54, 1.807) is 18.2 Å². The quantitative estimate of drug-likeness (QED) is 0.696. The van der Waals surface area contributed by atoms with Gasteiger partial charge in [-0.1, -0.05) is 36.4 Å². The fourth-order valence-electron chi connectivity index (χ4n) is 1.38. The van der Waals surface area contributed by atoms with Gasteiger partial charge in [-0.15, -0.1) is 0 Å². The summed E-state index contributed by atoms with van der Waals surface area (Å²) in [5, 5.41) is 2.69. The Balaban J connectivity index is 1.99. The molecule has 90 valence electrons. The minimum Gasteiger partial charge on any atom is -0.307 e. The van der Waals surface area contributed by atoms with Gasteiger partial charge in [-0.3, -0.25) is 4.79 Å². The van der Waals surface area contributed by atoms with Crippen LogP contribution in [0.25, 0.3) is 6.08 Å². The SMILES string of the molecule is O=C(/C=C/c1ccccc1)Nc1cccc(Br)n1. The largest absolute Gasteiger partial charge is 0.307 e. The number of benzene rings is 1. The molecule has 0 aliphatic rings. The van der Waals surface area contributed by atoms with E-state index in [1.165, 1.54) is 6.08 Å². The van der Waals surface area contributed by atoms with Gasteiger partial charge in [0.05, 0.1) is 0 Å². The molecule has 1 heterocycles. The molecule has 2 rings (SSSR count). The van der Waals surface area contributed by atoms with Crippen molar-refractivity contribution in [2.45, 2.75) is 0 Å². The first-order chi connectivity index (χ1) is 8.74. The van der Waals surface area contributed by atoms with Gasteiger partial charge in [-0.05, 0) is 39.7 Å². The maximum atomic E-state index is 11.6. The van der Waals surface area contributed by atoms with Gasteiger partial charge in [0.25, 0.3) is 0 Å². The molecule has 0 radical (unpaired) electrons. The van der Waals surface area contributed by atoms with Crippen molar-refractivity contribution in [3.05, 3.63) is 64.8 Å². The van der Waals surface area contributed by atoms with Crippen LogP contribution in [-0.4, -0.2) is 10.9 Å². The molecule has 0 atom stereocenters. The number of anilines is 1. The molecular formula is C14H11BrN2O. The number of nitrogens with one attached hydrogen (secondary N) is 1. The Morgan fingerprint density at radius 3 is 2.61 bits per heavy atom. The molecule has 18 heavy (non-hydrogen) atoms. The summed E-state index contributed by atoms with van der Waals surface area (Å²) >= 11 is 3.25. The average molecular weight is 303 g/mol. The molecule has 0 saturated heterocycles. The van der Waals surface area contributed by atoms with Gasteiger partial charge in [0.2, 0.25) is 5.91 Å². The van der Waals surface area contributed by atoms with Gasteiger partial charge < -0.3 is 5.32 Å². The number of hydrogen-bond acceptors (Lipinski definition) is 2. The third-order valence-corrected chi connectivity index (χ3v) is 2.63. The summed E-state index contributed by atoms with van der Waals surface area (Å²) in [6.07, 6.45) is 3.24. The van der Waals surface area contributed by atoms with E-state index < -0.39 is 0 Å². The number of carbonyl (C=O) groups is 1. The summed E-state index contributed by atoms with van der Waals surface area (Å²) < 4.78 is 0.687. The zero-order valence-electron chi connectivity index (χ0n) is 9.51. The molecule has 1 N–H and O–H groups in total. The zero-order chi connectivity index (χ0) is 12.8. The summed E-state index contributed by atoms with van der Waals surface area (Å²) in [6.45, 7) is 0. The van der Waals surface area contributed by atoms with Gasteiger partial charge >= 0.3 is 0 Å². The minimum atomic E-state index is -0.204. The maximum Gasteiger partial charge on any atom is 0.249 e. The summed E-state index contributed by atoms with van der Waals surface area (Å²) in [5.74, 6) is 0.316. The Bertz CT molecular complexity index is 567. The second-order valence-electron chi connectivity index (χ2n) is 3.58.